The van der Waals surface area contributed by atoms with Gasteiger partial charge in [-0.1, -0.05) is 19.3 Å². The summed E-state index contributed by atoms with van der Waals surface area (Å²) in [6, 6.07) is 0.315. The minimum Gasteiger partial charge on any atom is -0.348 e. The van der Waals surface area contributed by atoms with Gasteiger partial charge >= 0.3 is 0 Å². The molecule has 1 aromatic heterocycles. The Morgan fingerprint density at radius 2 is 2.00 bits per heavy atom. The van der Waals surface area contributed by atoms with Gasteiger partial charge in [0.2, 0.25) is 0 Å². The number of aromatic nitrogens is 2. The molecule has 1 atom stereocenters. The number of carbonyl (C=O) groups is 1. The number of hydrogen-bond donors (Lipinski definition) is 1. The lowest BCUT2D eigenvalue weighted by atomic mass is 9.94. The summed E-state index contributed by atoms with van der Waals surface area (Å²) in [6.07, 6.45) is 12.8. The molecule has 2 aliphatic rings. The zero-order valence-electron chi connectivity index (χ0n) is 14.1. The van der Waals surface area contributed by atoms with Crippen LogP contribution in [-0.4, -0.2) is 47.0 Å². The molecule has 1 saturated carbocycles. The number of amides is 1. The molecule has 1 aromatic rings. The van der Waals surface area contributed by atoms with E-state index < -0.39 is 0 Å². The lowest BCUT2D eigenvalue weighted by Gasteiger charge is -2.29. The van der Waals surface area contributed by atoms with Crippen molar-refractivity contribution >= 4 is 5.91 Å². The van der Waals surface area contributed by atoms with Gasteiger partial charge in [-0.3, -0.25) is 9.78 Å². The van der Waals surface area contributed by atoms with Crippen molar-refractivity contribution in [1.82, 2.24) is 20.2 Å². The average molecular weight is 316 g/mol. The third-order valence-corrected chi connectivity index (χ3v) is 5.10. The van der Waals surface area contributed by atoms with E-state index in [2.05, 4.69) is 27.2 Å². The second-order valence-corrected chi connectivity index (χ2v) is 7.18. The summed E-state index contributed by atoms with van der Waals surface area (Å²) in [5.41, 5.74) is 1.44. The lowest BCUT2D eigenvalue weighted by molar-refractivity contribution is 0.0922. The fourth-order valence-electron chi connectivity index (χ4n) is 3.82. The van der Waals surface area contributed by atoms with E-state index in [9.17, 15) is 4.79 Å². The van der Waals surface area contributed by atoms with E-state index in [0.717, 1.165) is 31.5 Å². The molecule has 5 nitrogen and oxygen atoms in total. The second kappa shape index (κ2) is 7.86. The van der Waals surface area contributed by atoms with E-state index in [1.54, 1.807) is 12.4 Å². The first-order valence-corrected chi connectivity index (χ1v) is 9.01. The van der Waals surface area contributed by atoms with E-state index in [1.807, 2.05) is 0 Å². The summed E-state index contributed by atoms with van der Waals surface area (Å²) >= 11 is 0. The molecule has 5 heteroatoms. The van der Waals surface area contributed by atoms with Gasteiger partial charge in [-0.05, 0) is 51.6 Å². The van der Waals surface area contributed by atoms with Gasteiger partial charge in [0.05, 0.1) is 11.9 Å². The molecule has 1 aliphatic carbocycles. The highest BCUT2D eigenvalue weighted by atomic mass is 16.1. The Labute approximate surface area is 138 Å². The normalized spacial score (nSPS) is 23.6. The highest BCUT2D eigenvalue weighted by Crippen LogP contribution is 2.19. The second-order valence-electron chi connectivity index (χ2n) is 7.18. The fraction of sp³-hybridized carbons (Fsp3) is 0.722. The molecule has 23 heavy (non-hydrogen) atoms. The predicted octanol–water partition coefficient (Wildman–Crippen LogP) is 2.42. The molecule has 0 aromatic carbocycles. The van der Waals surface area contributed by atoms with E-state index >= 15 is 0 Å². The van der Waals surface area contributed by atoms with Crippen molar-refractivity contribution in [3.05, 3.63) is 23.8 Å². The Bertz CT molecular complexity index is 510. The molecule has 0 unspecified atom stereocenters. The summed E-state index contributed by atoms with van der Waals surface area (Å²) in [6.45, 7) is 2.33. The van der Waals surface area contributed by atoms with E-state index in [0.29, 0.717) is 17.7 Å². The number of carbonyl (C=O) groups excluding carboxylic acids is 1. The fourth-order valence-corrected chi connectivity index (χ4v) is 3.82. The Kier molecular flexibility index (Phi) is 5.60. The minimum atomic E-state index is -0.0756. The van der Waals surface area contributed by atoms with Crippen molar-refractivity contribution in [3.63, 3.8) is 0 Å². The quantitative estimate of drug-likeness (QED) is 0.927. The maximum Gasteiger partial charge on any atom is 0.271 e. The number of nitrogens with zero attached hydrogens (tertiary/aromatic N) is 3. The SMILES string of the molecule is CN1CCC[C@H](Cc2cnc(C(=O)NC3CCCCC3)cn2)C1. The molecular formula is C18H28N4O. The number of hydrogen-bond acceptors (Lipinski definition) is 4. The van der Waals surface area contributed by atoms with Gasteiger partial charge in [-0.15, -0.1) is 0 Å². The Morgan fingerprint density at radius 1 is 1.17 bits per heavy atom. The van der Waals surface area contributed by atoms with E-state index in [1.165, 1.54) is 38.6 Å². The van der Waals surface area contributed by atoms with Crippen molar-refractivity contribution in [2.75, 3.05) is 20.1 Å². The van der Waals surface area contributed by atoms with Gasteiger partial charge in [-0.2, -0.15) is 0 Å². The van der Waals surface area contributed by atoms with Gasteiger partial charge < -0.3 is 10.2 Å². The maximum atomic E-state index is 12.2. The minimum absolute atomic E-state index is 0.0756. The molecule has 2 fully saturated rings. The topological polar surface area (TPSA) is 58.1 Å². The third-order valence-electron chi connectivity index (χ3n) is 5.10. The molecular weight excluding hydrogens is 288 g/mol. The largest absolute Gasteiger partial charge is 0.348 e. The van der Waals surface area contributed by atoms with Gasteiger partial charge in [0.1, 0.15) is 5.69 Å². The highest BCUT2D eigenvalue weighted by molar-refractivity contribution is 5.92. The summed E-state index contributed by atoms with van der Waals surface area (Å²) < 4.78 is 0. The molecule has 1 N–H and O–H groups in total. The Balaban J connectivity index is 1.52. The number of likely N-dealkylation sites (tertiary alicyclic amines) is 1. The van der Waals surface area contributed by atoms with Crippen LogP contribution in [0.3, 0.4) is 0 Å². The van der Waals surface area contributed by atoms with Crippen LogP contribution in [-0.2, 0) is 6.42 Å². The number of nitrogens with one attached hydrogen (secondary N) is 1. The van der Waals surface area contributed by atoms with Crippen LogP contribution >= 0.6 is 0 Å². The Hall–Kier alpha value is -1.49. The lowest BCUT2D eigenvalue weighted by Crippen LogP contribution is -2.36. The summed E-state index contributed by atoms with van der Waals surface area (Å²) in [5.74, 6) is 0.582. The molecule has 1 saturated heterocycles. The molecule has 0 radical (unpaired) electrons. The molecule has 3 rings (SSSR count). The van der Waals surface area contributed by atoms with Crippen molar-refractivity contribution < 1.29 is 4.79 Å². The zero-order chi connectivity index (χ0) is 16.1. The summed E-state index contributed by atoms with van der Waals surface area (Å²) in [7, 11) is 2.18. The molecule has 1 aliphatic heterocycles. The monoisotopic (exact) mass is 316 g/mol. The molecule has 0 spiro atoms. The predicted molar refractivity (Wildman–Crippen MR) is 90.3 cm³/mol. The van der Waals surface area contributed by atoms with Crippen LogP contribution in [0.5, 0.6) is 0 Å². The van der Waals surface area contributed by atoms with Gasteiger partial charge in [0.15, 0.2) is 0 Å². The first-order valence-electron chi connectivity index (χ1n) is 9.01. The third kappa shape index (κ3) is 4.74. The van der Waals surface area contributed by atoms with Crippen LogP contribution in [0, 0.1) is 5.92 Å². The number of piperidine rings is 1. The molecule has 2 heterocycles. The van der Waals surface area contributed by atoms with Crippen molar-refractivity contribution in [1.29, 1.82) is 0 Å². The van der Waals surface area contributed by atoms with E-state index in [-0.39, 0.29) is 5.91 Å². The first kappa shape index (κ1) is 16.4. The molecule has 126 valence electrons. The Morgan fingerprint density at radius 3 is 2.70 bits per heavy atom. The zero-order valence-corrected chi connectivity index (χ0v) is 14.1. The van der Waals surface area contributed by atoms with Crippen molar-refractivity contribution in [2.45, 2.75) is 57.4 Å². The van der Waals surface area contributed by atoms with Gasteiger partial charge in [-0.25, -0.2) is 4.98 Å². The molecule has 1 amide bonds. The van der Waals surface area contributed by atoms with Crippen LogP contribution in [0.15, 0.2) is 12.4 Å². The first-order chi connectivity index (χ1) is 11.2. The van der Waals surface area contributed by atoms with Crippen molar-refractivity contribution in [3.8, 4) is 0 Å². The maximum absolute atomic E-state index is 12.2. The van der Waals surface area contributed by atoms with Crippen LogP contribution in [0.2, 0.25) is 0 Å². The average Bonchev–Trinajstić information content (AvgIpc) is 2.56. The highest BCUT2D eigenvalue weighted by Gasteiger charge is 2.20. The summed E-state index contributed by atoms with van der Waals surface area (Å²) in [4.78, 5) is 23.4. The molecule has 0 bridgehead atoms. The van der Waals surface area contributed by atoms with Crippen LogP contribution in [0.4, 0.5) is 0 Å². The van der Waals surface area contributed by atoms with Crippen LogP contribution in [0.25, 0.3) is 0 Å². The van der Waals surface area contributed by atoms with Crippen LogP contribution < -0.4 is 5.32 Å². The smallest absolute Gasteiger partial charge is 0.271 e. The standard InChI is InChI=1S/C18H28N4O/c1-22-9-5-6-14(13-22)10-16-11-20-17(12-19-16)18(23)21-15-7-3-2-4-8-15/h11-12,14-15H,2-10,13H2,1H3,(H,21,23)/t14-/m1/s1. The van der Waals surface area contributed by atoms with Gasteiger partial charge in [0, 0.05) is 18.8 Å². The van der Waals surface area contributed by atoms with E-state index in [4.69, 9.17) is 0 Å². The van der Waals surface area contributed by atoms with Crippen LogP contribution in [0.1, 0.15) is 61.1 Å². The summed E-state index contributed by atoms with van der Waals surface area (Å²) in [5, 5.41) is 3.09. The van der Waals surface area contributed by atoms with Crippen molar-refractivity contribution in [2.24, 2.45) is 5.92 Å². The number of rotatable bonds is 4. The van der Waals surface area contributed by atoms with Gasteiger partial charge in [0.25, 0.3) is 5.91 Å².